The lowest BCUT2D eigenvalue weighted by molar-refractivity contribution is 0.277. The van der Waals surface area contributed by atoms with E-state index in [2.05, 4.69) is 13.0 Å². The summed E-state index contributed by atoms with van der Waals surface area (Å²) in [6, 6.07) is 10.9. The SMILES string of the molecule is Cc1ccc(C(N)COc2cccc(C)c2F)cc1C. The second kappa shape index (κ2) is 6.06. The van der Waals surface area contributed by atoms with E-state index in [0.717, 1.165) is 5.56 Å². The molecule has 0 aliphatic rings. The minimum Gasteiger partial charge on any atom is -0.489 e. The molecule has 1 atom stereocenters. The van der Waals surface area contributed by atoms with E-state index in [1.807, 2.05) is 19.1 Å². The van der Waals surface area contributed by atoms with E-state index in [1.54, 1.807) is 25.1 Å². The number of ether oxygens (including phenoxy) is 1. The smallest absolute Gasteiger partial charge is 0.167 e. The zero-order valence-corrected chi connectivity index (χ0v) is 12.1. The Bertz CT molecular complexity index is 610. The van der Waals surface area contributed by atoms with Gasteiger partial charge in [0.15, 0.2) is 11.6 Å². The largest absolute Gasteiger partial charge is 0.489 e. The maximum Gasteiger partial charge on any atom is 0.167 e. The molecule has 0 fully saturated rings. The van der Waals surface area contributed by atoms with E-state index >= 15 is 0 Å². The second-order valence-corrected chi connectivity index (χ2v) is 5.15. The van der Waals surface area contributed by atoms with Crippen molar-refractivity contribution in [3.05, 3.63) is 64.5 Å². The van der Waals surface area contributed by atoms with Gasteiger partial charge < -0.3 is 10.5 Å². The third kappa shape index (κ3) is 3.17. The molecule has 2 aromatic rings. The normalized spacial score (nSPS) is 12.2. The number of benzene rings is 2. The summed E-state index contributed by atoms with van der Waals surface area (Å²) in [4.78, 5) is 0. The fourth-order valence-corrected chi connectivity index (χ4v) is 2.00. The van der Waals surface area contributed by atoms with E-state index in [1.165, 1.54) is 11.1 Å². The summed E-state index contributed by atoms with van der Waals surface area (Å²) in [6.45, 7) is 6.07. The highest BCUT2D eigenvalue weighted by Gasteiger charge is 2.11. The maximum absolute atomic E-state index is 13.8. The van der Waals surface area contributed by atoms with Crippen LogP contribution >= 0.6 is 0 Å². The predicted octanol–water partition coefficient (Wildman–Crippen LogP) is 3.83. The van der Waals surface area contributed by atoms with Gasteiger partial charge in [-0.1, -0.05) is 30.3 Å². The molecule has 3 heteroatoms. The highest BCUT2D eigenvalue weighted by Crippen LogP contribution is 2.22. The third-order valence-corrected chi connectivity index (χ3v) is 3.53. The zero-order valence-electron chi connectivity index (χ0n) is 12.1. The van der Waals surface area contributed by atoms with Crippen molar-refractivity contribution in [1.29, 1.82) is 0 Å². The van der Waals surface area contributed by atoms with Gasteiger partial charge in [-0.2, -0.15) is 0 Å². The van der Waals surface area contributed by atoms with Gasteiger partial charge in [-0.25, -0.2) is 4.39 Å². The minimum absolute atomic E-state index is 0.253. The first-order chi connectivity index (χ1) is 9.49. The van der Waals surface area contributed by atoms with E-state index in [-0.39, 0.29) is 24.2 Å². The molecule has 0 amide bonds. The number of hydrogen-bond donors (Lipinski definition) is 1. The van der Waals surface area contributed by atoms with Crippen LogP contribution in [0.25, 0.3) is 0 Å². The molecule has 20 heavy (non-hydrogen) atoms. The lowest BCUT2D eigenvalue weighted by Gasteiger charge is -2.15. The molecular formula is C17H20FNO. The number of aryl methyl sites for hydroxylation is 3. The van der Waals surface area contributed by atoms with Crippen LogP contribution in [-0.4, -0.2) is 6.61 Å². The molecule has 0 radical (unpaired) electrons. The molecule has 2 aromatic carbocycles. The molecule has 0 aromatic heterocycles. The molecule has 0 saturated heterocycles. The van der Waals surface area contributed by atoms with Crippen LogP contribution < -0.4 is 10.5 Å². The predicted molar refractivity (Wildman–Crippen MR) is 79.5 cm³/mol. The highest BCUT2D eigenvalue weighted by molar-refractivity contribution is 5.32. The Labute approximate surface area is 119 Å². The van der Waals surface area contributed by atoms with Gasteiger partial charge >= 0.3 is 0 Å². The molecule has 106 valence electrons. The van der Waals surface area contributed by atoms with Gasteiger partial charge in [0.1, 0.15) is 6.61 Å². The Morgan fingerprint density at radius 2 is 1.80 bits per heavy atom. The van der Waals surface area contributed by atoms with Crippen LogP contribution in [-0.2, 0) is 0 Å². The molecule has 0 aliphatic heterocycles. The van der Waals surface area contributed by atoms with Gasteiger partial charge in [0.25, 0.3) is 0 Å². The Morgan fingerprint density at radius 3 is 2.50 bits per heavy atom. The molecule has 0 aliphatic carbocycles. The van der Waals surface area contributed by atoms with Crippen molar-refractivity contribution >= 4 is 0 Å². The molecular weight excluding hydrogens is 253 g/mol. The maximum atomic E-state index is 13.8. The summed E-state index contributed by atoms with van der Waals surface area (Å²) in [5, 5.41) is 0. The van der Waals surface area contributed by atoms with Crippen molar-refractivity contribution in [3.63, 3.8) is 0 Å². The molecule has 0 heterocycles. The molecule has 2 nitrogen and oxygen atoms in total. The fraction of sp³-hybridized carbons (Fsp3) is 0.294. The summed E-state index contributed by atoms with van der Waals surface area (Å²) in [7, 11) is 0. The van der Waals surface area contributed by atoms with Gasteiger partial charge in [0, 0.05) is 0 Å². The standard InChI is InChI=1S/C17H20FNO/c1-11-7-8-14(9-13(11)3)15(19)10-20-16-6-4-5-12(2)17(16)18/h4-9,15H,10,19H2,1-3H3. The van der Waals surface area contributed by atoms with E-state index in [0.29, 0.717) is 5.56 Å². The molecule has 2 rings (SSSR count). The van der Waals surface area contributed by atoms with E-state index in [9.17, 15) is 4.39 Å². The van der Waals surface area contributed by atoms with E-state index < -0.39 is 0 Å². The van der Waals surface area contributed by atoms with Gasteiger partial charge in [-0.3, -0.25) is 0 Å². The number of halogens is 1. The Balaban J connectivity index is 2.06. The monoisotopic (exact) mass is 273 g/mol. The molecule has 0 bridgehead atoms. The Morgan fingerprint density at radius 1 is 1.05 bits per heavy atom. The number of hydrogen-bond acceptors (Lipinski definition) is 2. The average molecular weight is 273 g/mol. The molecule has 0 saturated carbocycles. The fourth-order valence-electron chi connectivity index (χ4n) is 2.00. The Kier molecular flexibility index (Phi) is 4.40. The van der Waals surface area contributed by atoms with Crippen LogP contribution in [0.2, 0.25) is 0 Å². The van der Waals surface area contributed by atoms with Crippen molar-refractivity contribution in [2.45, 2.75) is 26.8 Å². The lowest BCUT2D eigenvalue weighted by atomic mass is 10.0. The van der Waals surface area contributed by atoms with Crippen LogP contribution in [0.5, 0.6) is 5.75 Å². The first-order valence-corrected chi connectivity index (χ1v) is 6.69. The highest BCUT2D eigenvalue weighted by atomic mass is 19.1. The van der Waals surface area contributed by atoms with E-state index in [4.69, 9.17) is 10.5 Å². The topological polar surface area (TPSA) is 35.2 Å². The first-order valence-electron chi connectivity index (χ1n) is 6.69. The number of rotatable bonds is 4. The van der Waals surface area contributed by atoms with Crippen LogP contribution in [0.3, 0.4) is 0 Å². The third-order valence-electron chi connectivity index (χ3n) is 3.53. The van der Waals surface area contributed by atoms with Gasteiger partial charge in [0.2, 0.25) is 0 Å². The quantitative estimate of drug-likeness (QED) is 0.918. The lowest BCUT2D eigenvalue weighted by Crippen LogP contribution is -2.19. The van der Waals surface area contributed by atoms with Crippen molar-refractivity contribution < 1.29 is 9.13 Å². The van der Waals surface area contributed by atoms with Crippen molar-refractivity contribution in [2.24, 2.45) is 5.73 Å². The zero-order chi connectivity index (χ0) is 14.7. The van der Waals surface area contributed by atoms with Crippen molar-refractivity contribution in [3.8, 4) is 5.75 Å². The van der Waals surface area contributed by atoms with Crippen LogP contribution in [0.4, 0.5) is 4.39 Å². The summed E-state index contributed by atoms with van der Waals surface area (Å²) in [5.41, 5.74) is 10.1. The van der Waals surface area contributed by atoms with Crippen LogP contribution in [0.15, 0.2) is 36.4 Å². The molecule has 0 spiro atoms. The summed E-state index contributed by atoms with van der Waals surface area (Å²) in [6.07, 6.45) is 0. The Hall–Kier alpha value is -1.87. The van der Waals surface area contributed by atoms with Gasteiger partial charge in [-0.05, 0) is 49.1 Å². The van der Waals surface area contributed by atoms with Gasteiger partial charge in [0.05, 0.1) is 6.04 Å². The van der Waals surface area contributed by atoms with Crippen molar-refractivity contribution in [2.75, 3.05) is 6.61 Å². The molecule has 1 unspecified atom stereocenters. The second-order valence-electron chi connectivity index (χ2n) is 5.15. The first kappa shape index (κ1) is 14.5. The molecule has 2 N–H and O–H groups in total. The number of nitrogens with two attached hydrogens (primary N) is 1. The minimum atomic E-state index is -0.320. The summed E-state index contributed by atoms with van der Waals surface area (Å²) in [5.74, 6) is -0.0657. The van der Waals surface area contributed by atoms with Crippen LogP contribution in [0.1, 0.15) is 28.3 Å². The summed E-state index contributed by atoms with van der Waals surface area (Å²) >= 11 is 0. The average Bonchev–Trinajstić information content (AvgIpc) is 2.43. The summed E-state index contributed by atoms with van der Waals surface area (Å²) < 4.78 is 19.3. The van der Waals surface area contributed by atoms with Gasteiger partial charge in [-0.15, -0.1) is 0 Å². The van der Waals surface area contributed by atoms with Crippen LogP contribution in [0, 0.1) is 26.6 Å². The van der Waals surface area contributed by atoms with Crippen molar-refractivity contribution in [1.82, 2.24) is 0 Å².